The normalized spacial score (nSPS) is 16.7. The molecule has 3 rings (SSSR count). The minimum Gasteiger partial charge on any atom is -0.490 e. The molecule has 0 aliphatic heterocycles. The van der Waals surface area contributed by atoms with E-state index < -0.39 is 0 Å². The van der Waals surface area contributed by atoms with Crippen LogP contribution in [0.15, 0.2) is 18.2 Å². The number of carbonyl (C=O) groups is 1. The summed E-state index contributed by atoms with van der Waals surface area (Å²) in [5, 5.41) is 12.1. The van der Waals surface area contributed by atoms with Gasteiger partial charge in [-0.2, -0.15) is 5.26 Å². The first kappa shape index (κ1) is 15.7. The number of hydrogen-bond acceptors (Lipinski definition) is 4. The van der Waals surface area contributed by atoms with E-state index in [1.165, 1.54) is 25.7 Å². The van der Waals surface area contributed by atoms with E-state index in [1.54, 1.807) is 18.2 Å². The maximum Gasteiger partial charge on any atom is 0.258 e. The van der Waals surface area contributed by atoms with Gasteiger partial charge in [-0.25, -0.2) is 0 Å². The second kappa shape index (κ2) is 6.91. The standard InChI is InChI=1S/C18H22N2O3/c1-2-22-16-9-12(10-19)3-8-15(16)23-11-17(21)20-18(13-4-5-13)14-6-7-14/h3,8-9,13-14,18H,2,4-7,11H2,1H3,(H,20,21). The fourth-order valence-corrected chi connectivity index (χ4v) is 2.87. The zero-order valence-electron chi connectivity index (χ0n) is 13.4. The van der Waals surface area contributed by atoms with Crippen molar-refractivity contribution < 1.29 is 14.3 Å². The third-order valence-corrected chi connectivity index (χ3v) is 4.32. The van der Waals surface area contributed by atoms with Gasteiger partial charge >= 0.3 is 0 Å². The molecular formula is C18H22N2O3. The summed E-state index contributed by atoms with van der Waals surface area (Å²) in [6, 6.07) is 7.37. The Balaban J connectivity index is 1.56. The predicted molar refractivity (Wildman–Crippen MR) is 85.2 cm³/mol. The highest BCUT2D eigenvalue weighted by Crippen LogP contribution is 2.44. The van der Waals surface area contributed by atoms with Crippen molar-refractivity contribution in [1.29, 1.82) is 5.26 Å². The molecule has 1 aromatic carbocycles. The summed E-state index contributed by atoms with van der Waals surface area (Å²) in [6.45, 7) is 2.32. The van der Waals surface area contributed by atoms with Crippen LogP contribution < -0.4 is 14.8 Å². The quantitative estimate of drug-likeness (QED) is 0.800. The molecule has 0 saturated heterocycles. The summed E-state index contributed by atoms with van der Waals surface area (Å²) < 4.78 is 11.1. The third-order valence-electron chi connectivity index (χ3n) is 4.32. The number of nitrogens with one attached hydrogen (secondary N) is 1. The van der Waals surface area contributed by atoms with Gasteiger partial charge in [-0.15, -0.1) is 0 Å². The molecule has 2 saturated carbocycles. The number of nitrogens with zero attached hydrogens (tertiary/aromatic N) is 1. The van der Waals surface area contributed by atoms with Gasteiger partial charge in [0.1, 0.15) is 0 Å². The van der Waals surface area contributed by atoms with Crippen LogP contribution in [0, 0.1) is 23.2 Å². The van der Waals surface area contributed by atoms with E-state index in [0.717, 1.165) is 0 Å². The highest BCUT2D eigenvalue weighted by atomic mass is 16.5. The van der Waals surface area contributed by atoms with Crippen LogP contribution in [0.2, 0.25) is 0 Å². The highest BCUT2D eigenvalue weighted by Gasteiger charge is 2.42. The minimum absolute atomic E-state index is 0.0259. The first-order chi connectivity index (χ1) is 11.2. The van der Waals surface area contributed by atoms with E-state index in [2.05, 4.69) is 11.4 Å². The lowest BCUT2D eigenvalue weighted by Crippen LogP contribution is -2.40. The van der Waals surface area contributed by atoms with Crippen LogP contribution in [0.25, 0.3) is 0 Å². The maximum absolute atomic E-state index is 12.2. The Hall–Kier alpha value is -2.22. The first-order valence-electron chi connectivity index (χ1n) is 8.30. The largest absolute Gasteiger partial charge is 0.490 e. The van der Waals surface area contributed by atoms with Crippen molar-refractivity contribution in [2.24, 2.45) is 11.8 Å². The SMILES string of the molecule is CCOc1cc(C#N)ccc1OCC(=O)NC(C1CC1)C1CC1. The van der Waals surface area contributed by atoms with Crippen molar-refractivity contribution in [2.75, 3.05) is 13.2 Å². The Labute approximate surface area is 136 Å². The number of ether oxygens (including phenoxy) is 2. The lowest BCUT2D eigenvalue weighted by Gasteiger charge is -2.18. The van der Waals surface area contributed by atoms with Gasteiger partial charge in [-0.05, 0) is 56.6 Å². The van der Waals surface area contributed by atoms with Crippen LogP contribution in [-0.2, 0) is 4.79 Å². The molecule has 1 amide bonds. The molecule has 1 N–H and O–H groups in total. The average molecular weight is 314 g/mol. The molecule has 0 unspecified atom stereocenters. The van der Waals surface area contributed by atoms with Gasteiger partial charge in [0.2, 0.25) is 0 Å². The smallest absolute Gasteiger partial charge is 0.258 e. The van der Waals surface area contributed by atoms with E-state index in [4.69, 9.17) is 14.7 Å². The molecule has 0 bridgehead atoms. The van der Waals surface area contributed by atoms with Gasteiger partial charge in [0.05, 0.1) is 18.2 Å². The van der Waals surface area contributed by atoms with Crippen LogP contribution in [0.3, 0.4) is 0 Å². The average Bonchev–Trinajstić information content (AvgIpc) is 3.44. The zero-order chi connectivity index (χ0) is 16.2. The van der Waals surface area contributed by atoms with E-state index in [9.17, 15) is 4.79 Å². The molecule has 5 heteroatoms. The van der Waals surface area contributed by atoms with Crippen molar-refractivity contribution in [3.8, 4) is 17.6 Å². The van der Waals surface area contributed by atoms with Gasteiger partial charge in [0.25, 0.3) is 5.91 Å². The molecule has 122 valence electrons. The summed E-state index contributed by atoms with van der Waals surface area (Å²) >= 11 is 0. The Morgan fingerprint density at radius 3 is 2.52 bits per heavy atom. The van der Waals surface area contributed by atoms with Gasteiger partial charge in [-0.1, -0.05) is 0 Å². The molecule has 5 nitrogen and oxygen atoms in total. The van der Waals surface area contributed by atoms with E-state index in [1.807, 2.05) is 6.92 Å². The second-order valence-corrected chi connectivity index (χ2v) is 6.26. The summed E-state index contributed by atoms with van der Waals surface area (Å²) in [7, 11) is 0. The summed E-state index contributed by atoms with van der Waals surface area (Å²) in [6.07, 6.45) is 4.91. The Kier molecular flexibility index (Phi) is 4.71. The number of amides is 1. The Morgan fingerprint density at radius 1 is 1.26 bits per heavy atom. The molecule has 0 heterocycles. The molecule has 0 aromatic heterocycles. The second-order valence-electron chi connectivity index (χ2n) is 6.26. The fraction of sp³-hybridized carbons (Fsp3) is 0.556. The molecule has 0 spiro atoms. The van der Waals surface area contributed by atoms with Gasteiger partial charge in [0.15, 0.2) is 18.1 Å². The lowest BCUT2D eigenvalue weighted by molar-refractivity contribution is -0.124. The molecule has 0 atom stereocenters. The van der Waals surface area contributed by atoms with Crippen LogP contribution in [0.1, 0.15) is 38.2 Å². The van der Waals surface area contributed by atoms with Crippen molar-refractivity contribution >= 4 is 5.91 Å². The molecular weight excluding hydrogens is 292 g/mol. The van der Waals surface area contributed by atoms with Gasteiger partial charge < -0.3 is 14.8 Å². The van der Waals surface area contributed by atoms with Crippen LogP contribution in [-0.4, -0.2) is 25.2 Å². The number of nitriles is 1. The van der Waals surface area contributed by atoms with E-state index >= 15 is 0 Å². The Morgan fingerprint density at radius 2 is 1.96 bits per heavy atom. The highest BCUT2D eigenvalue weighted by molar-refractivity contribution is 5.78. The van der Waals surface area contributed by atoms with Crippen LogP contribution in [0.5, 0.6) is 11.5 Å². The predicted octanol–water partition coefficient (Wildman–Crippen LogP) is 2.64. The molecule has 23 heavy (non-hydrogen) atoms. The minimum atomic E-state index is -0.0828. The lowest BCUT2D eigenvalue weighted by atomic mass is 10.1. The maximum atomic E-state index is 12.2. The van der Waals surface area contributed by atoms with Gasteiger partial charge in [-0.3, -0.25) is 4.79 Å². The zero-order valence-corrected chi connectivity index (χ0v) is 13.4. The molecule has 2 fully saturated rings. The van der Waals surface area contributed by atoms with Crippen molar-refractivity contribution in [3.63, 3.8) is 0 Å². The summed E-state index contributed by atoms with van der Waals surface area (Å²) in [5.41, 5.74) is 0.507. The van der Waals surface area contributed by atoms with Crippen molar-refractivity contribution in [1.82, 2.24) is 5.32 Å². The summed E-state index contributed by atoms with van der Waals surface area (Å²) in [5.74, 6) is 2.25. The monoisotopic (exact) mass is 314 g/mol. The molecule has 2 aliphatic carbocycles. The van der Waals surface area contributed by atoms with Crippen LogP contribution >= 0.6 is 0 Å². The number of hydrogen-bond donors (Lipinski definition) is 1. The topological polar surface area (TPSA) is 71.3 Å². The Bertz CT molecular complexity index is 603. The number of rotatable bonds is 8. The first-order valence-corrected chi connectivity index (χ1v) is 8.30. The number of carbonyl (C=O) groups excluding carboxylic acids is 1. The summed E-state index contributed by atoms with van der Waals surface area (Å²) in [4.78, 5) is 12.2. The van der Waals surface area contributed by atoms with Crippen molar-refractivity contribution in [2.45, 2.75) is 38.6 Å². The van der Waals surface area contributed by atoms with Crippen LogP contribution in [0.4, 0.5) is 0 Å². The third kappa shape index (κ3) is 4.16. The van der Waals surface area contributed by atoms with E-state index in [0.29, 0.717) is 41.5 Å². The van der Waals surface area contributed by atoms with E-state index in [-0.39, 0.29) is 12.5 Å². The van der Waals surface area contributed by atoms with Gasteiger partial charge in [0, 0.05) is 12.1 Å². The molecule has 1 aromatic rings. The fourth-order valence-electron chi connectivity index (χ4n) is 2.87. The van der Waals surface area contributed by atoms with Crippen molar-refractivity contribution in [3.05, 3.63) is 23.8 Å². The molecule has 2 aliphatic rings. The number of benzene rings is 1. The molecule has 0 radical (unpaired) electrons.